The van der Waals surface area contributed by atoms with Crippen LogP contribution >= 0.6 is 0 Å². The molecule has 1 saturated carbocycles. The highest BCUT2D eigenvalue weighted by atomic mass is 16.5. The third kappa shape index (κ3) is 4.58. The van der Waals surface area contributed by atoms with Crippen LogP contribution in [0.15, 0.2) is 0 Å². The summed E-state index contributed by atoms with van der Waals surface area (Å²) in [6.45, 7) is 1.64. The van der Waals surface area contributed by atoms with E-state index in [0.717, 1.165) is 0 Å². The summed E-state index contributed by atoms with van der Waals surface area (Å²) in [5, 5.41) is 5.58. The molecule has 1 aliphatic rings. The number of amides is 1. The molecule has 1 fully saturated rings. The molecule has 2 N–H and O–H groups in total. The number of ether oxygens (including phenoxy) is 1. The highest BCUT2D eigenvalue weighted by molar-refractivity contribution is 5.77. The average molecular weight is 200 g/mol. The maximum absolute atomic E-state index is 11.0. The van der Waals surface area contributed by atoms with Crippen molar-refractivity contribution >= 4 is 5.91 Å². The molecule has 0 saturated heterocycles. The number of rotatable bonds is 6. The molecule has 4 heteroatoms. The molecule has 0 aromatic heterocycles. The molecule has 1 rings (SSSR count). The van der Waals surface area contributed by atoms with Gasteiger partial charge < -0.3 is 15.4 Å². The van der Waals surface area contributed by atoms with Crippen molar-refractivity contribution in [1.82, 2.24) is 10.6 Å². The lowest BCUT2D eigenvalue weighted by Gasteiger charge is -2.11. The molecule has 0 spiro atoms. The zero-order chi connectivity index (χ0) is 10.2. The molecule has 0 heterocycles. The average Bonchev–Trinajstić information content (AvgIpc) is 2.65. The van der Waals surface area contributed by atoms with Crippen molar-refractivity contribution in [3.8, 4) is 0 Å². The van der Waals surface area contributed by atoms with Crippen LogP contribution in [-0.4, -0.2) is 38.8 Å². The maximum atomic E-state index is 11.0. The Morgan fingerprint density at radius 1 is 1.43 bits per heavy atom. The predicted molar refractivity (Wildman–Crippen MR) is 55.1 cm³/mol. The van der Waals surface area contributed by atoms with E-state index in [0.29, 0.717) is 25.8 Å². The fraction of sp³-hybridized carbons (Fsp3) is 0.900. The smallest absolute Gasteiger partial charge is 0.234 e. The van der Waals surface area contributed by atoms with Gasteiger partial charge in [-0.3, -0.25) is 4.79 Å². The second-order valence-electron chi connectivity index (χ2n) is 3.66. The van der Waals surface area contributed by atoms with E-state index >= 15 is 0 Å². The number of likely N-dealkylation sites (N-methyl/N-ethyl adjacent to an activating group) is 1. The first-order chi connectivity index (χ1) is 6.83. The molecule has 0 radical (unpaired) electrons. The molecule has 14 heavy (non-hydrogen) atoms. The summed E-state index contributed by atoms with van der Waals surface area (Å²) in [5.41, 5.74) is 0. The third-order valence-electron chi connectivity index (χ3n) is 2.42. The van der Waals surface area contributed by atoms with Crippen molar-refractivity contribution in [1.29, 1.82) is 0 Å². The van der Waals surface area contributed by atoms with Gasteiger partial charge in [-0.1, -0.05) is 12.8 Å². The quantitative estimate of drug-likeness (QED) is 0.606. The monoisotopic (exact) mass is 200 g/mol. The number of hydrogen-bond acceptors (Lipinski definition) is 3. The second kappa shape index (κ2) is 6.79. The topological polar surface area (TPSA) is 50.4 Å². The van der Waals surface area contributed by atoms with Crippen LogP contribution in [-0.2, 0) is 9.53 Å². The normalized spacial score (nSPS) is 17.2. The summed E-state index contributed by atoms with van der Waals surface area (Å²) < 4.78 is 5.60. The highest BCUT2D eigenvalue weighted by Gasteiger charge is 2.14. The van der Waals surface area contributed by atoms with Crippen molar-refractivity contribution in [3.05, 3.63) is 0 Å². The summed E-state index contributed by atoms with van der Waals surface area (Å²) in [4.78, 5) is 11.0. The van der Waals surface area contributed by atoms with Crippen molar-refractivity contribution in [2.45, 2.75) is 31.8 Å². The first kappa shape index (κ1) is 11.5. The van der Waals surface area contributed by atoms with Crippen molar-refractivity contribution in [3.63, 3.8) is 0 Å². The van der Waals surface area contributed by atoms with E-state index < -0.39 is 0 Å². The minimum absolute atomic E-state index is 0.0301. The zero-order valence-electron chi connectivity index (χ0n) is 8.84. The lowest BCUT2D eigenvalue weighted by Crippen LogP contribution is -2.34. The van der Waals surface area contributed by atoms with Crippen LogP contribution in [0.3, 0.4) is 0 Å². The highest BCUT2D eigenvalue weighted by Crippen LogP contribution is 2.20. The Bertz CT molecular complexity index is 168. The summed E-state index contributed by atoms with van der Waals surface area (Å²) in [6, 6.07) is 0. The molecule has 0 aromatic rings. The molecule has 82 valence electrons. The first-order valence-corrected chi connectivity index (χ1v) is 5.36. The van der Waals surface area contributed by atoms with Gasteiger partial charge in [0.2, 0.25) is 5.91 Å². The van der Waals surface area contributed by atoms with Gasteiger partial charge in [0.05, 0.1) is 19.3 Å². The van der Waals surface area contributed by atoms with E-state index in [1.165, 1.54) is 25.7 Å². The zero-order valence-corrected chi connectivity index (χ0v) is 8.84. The van der Waals surface area contributed by atoms with Gasteiger partial charge in [-0.15, -0.1) is 0 Å². The number of nitrogens with one attached hydrogen (secondary N) is 2. The van der Waals surface area contributed by atoms with Gasteiger partial charge in [0, 0.05) is 6.54 Å². The van der Waals surface area contributed by atoms with Gasteiger partial charge in [0.1, 0.15) is 0 Å². The molecule has 4 nitrogen and oxygen atoms in total. The number of carbonyl (C=O) groups excluding carboxylic acids is 1. The van der Waals surface area contributed by atoms with Crippen molar-refractivity contribution in [2.75, 3.05) is 26.7 Å². The molecular weight excluding hydrogens is 180 g/mol. The lowest BCUT2D eigenvalue weighted by atomic mass is 10.3. The molecule has 1 aliphatic carbocycles. The largest absolute Gasteiger partial charge is 0.376 e. The second-order valence-corrected chi connectivity index (χ2v) is 3.66. The van der Waals surface area contributed by atoms with E-state index in [-0.39, 0.29) is 5.91 Å². The van der Waals surface area contributed by atoms with Gasteiger partial charge in [-0.2, -0.15) is 0 Å². The standard InChI is InChI=1S/C10H20N2O2/c1-11-8-10(13)12-6-7-14-9-4-2-3-5-9/h9,11H,2-8H2,1H3,(H,12,13). The molecule has 0 unspecified atom stereocenters. The number of carbonyl (C=O) groups is 1. The van der Waals surface area contributed by atoms with E-state index in [1.54, 1.807) is 7.05 Å². The summed E-state index contributed by atoms with van der Waals surface area (Å²) in [5.74, 6) is 0.0301. The SMILES string of the molecule is CNCC(=O)NCCOC1CCCC1. The Labute approximate surface area is 85.4 Å². The van der Waals surface area contributed by atoms with Crippen LogP contribution in [0.4, 0.5) is 0 Å². The van der Waals surface area contributed by atoms with Crippen LogP contribution < -0.4 is 10.6 Å². The Morgan fingerprint density at radius 2 is 2.14 bits per heavy atom. The lowest BCUT2D eigenvalue weighted by molar-refractivity contribution is -0.120. The molecule has 1 amide bonds. The maximum Gasteiger partial charge on any atom is 0.234 e. The first-order valence-electron chi connectivity index (χ1n) is 5.36. The Morgan fingerprint density at radius 3 is 2.79 bits per heavy atom. The van der Waals surface area contributed by atoms with E-state index in [2.05, 4.69) is 10.6 Å². The molecule has 0 atom stereocenters. The van der Waals surface area contributed by atoms with Crippen LogP contribution in [0.1, 0.15) is 25.7 Å². The Hall–Kier alpha value is -0.610. The minimum Gasteiger partial charge on any atom is -0.376 e. The van der Waals surface area contributed by atoms with E-state index in [9.17, 15) is 4.79 Å². The van der Waals surface area contributed by atoms with Crippen LogP contribution in [0.5, 0.6) is 0 Å². The van der Waals surface area contributed by atoms with Crippen LogP contribution in [0, 0.1) is 0 Å². The minimum atomic E-state index is 0.0301. The molecule has 0 aromatic carbocycles. The number of hydrogen-bond donors (Lipinski definition) is 2. The van der Waals surface area contributed by atoms with Gasteiger partial charge in [-0.25, -0.2) is 0 Å². The molecule has 0 aliphatic heterocycles. The van der Waals surface area contributed by atoms with Crippen LogP contribution in [0.25, 0.3) is 0 Å². The van der Waals surface area contributed by atoms with E-state index in [4.69, 9.17) is 4.74 Å². The Kier molecular flexibility index (Phi) is 5.56. The summed E-state index contributed by atoms with van der Waals surface area (Å²) in [7, 11) is 1.76. The van der Waals surface area contributed by atoms with Crippen LogP contribution in [0.2, 0.25) is 0 Å². The van der Waals surface area contributed by atoms with Gasteiger partial charge in [0.15, 0.2) is 0 Å². The van der Waals surface area contributed by atoms with Gasteiger partial charge in [0.25, 0.3) is 0 Å². The van der Waals surface area contributed by atoms with Crippen molar-refractivity contribution in [2.24, 2.45) is 0 Å². The molecular formula is C10H20N2O2. The fourth-order valence-corrected chi connectivity index (χ4v) is 1.69. The van der Waals surface area contributed by atoms with Gasteiger partial charge in [-0.05, 0) is 19.9 Å². The van der Waals surface area contributed by atoms with Gasteiger partial charge >= 0.3 is 0 Å². The summed E-state index contributed by atoms with van der Waals surface area (Å²) in [6.07, 6.45) is 5.39. The predicted octanol–water partition coefficient (Wildman–Crippen LogP) is 0.281. The third-order valence-corrected chi connectivity index (χ3v) is 2.42. The van der Waals surface area contributed by atoms with E-state index in [1.807, 2.05) is 0 Å². The molecule has 0 bridgehead atoms. The van der Waals surface area contributed by atoms with Crippen molar-refractivity contribution < 1.29 is 9.53 Å². The Balaban J connectivity index is 1.90. The fourth-order valence-electron chi connectivity index (χ4n) is 1.69. The summed E-state index contributed by atoms with van der Waals surface area (Å²) >= 11 is 0.